The van der Waals surface area contributed by atoms with Crippen molar-refractivity contribution in [1.29, 1.82) is 0 Å². The highest BCUT2D eigenvalue weighted by molar-refractivity contribution is 5.92. The van der Waals surface area contributed by atoms with Crippen LogP contribution < -0.4 is 15.4 Å². The van der Waals surface area contributed by atoms with Gasteiger partial charge in [-0.25, -0.2) is 9.97 Å². The molecular formula is C22H23N5O. The van der Waals surface area contributed by atoms with Crippen LogP contribution in [0.5, 0.6) is 5.75 Å². The molecule has 2 aromatic heterocycles. The van der Waals surface area contributed by atoms with Crippen LogP contribution in [0, 0.1) is 0 Å². The molecule has 0 aliphatic carbocycles. The van der Waals surface area contributed by atoms with E-state index in [1.54, 1.807) is 7.11 Å². The van der Waals surface area contributed by atoms with Gasteiger partial charge in [-0.2, -0.15) is 0 Å². The largest absolute Gasteiger partial charge is 0.497 e. The van der Waals surface area contributed by atoms with Crippen molar-refractivity contribution in [1.82, 2.24) is 14.5 Å². The number of nitrogens with zero attached hydrogens (tertiary/aromatic N) is 4. The van der Waals surface area contributed by atoms with Crippen LogP contribution in [0.25, 0.3) is 27.8 Å². The Balaban J connectivity index is 1.63. The first-order chi connectivity index (χ1) is 13.7. The van der Waals surface area contributed by atoms with Gasteiger partial charge < -0.3 is 15.4 Å². The number of aromatic nitrogens is 3. The lowest BCUT2D eigenvalue weighted by molar-refractivity contribution is 0.415. The smallest absolute Gasteiger partial charge is 0.139 e. The average Bonchev–Trinajstić information content (AvgIpc) is 3.16. The second-order valence-corrected chi connectivity index (χ2v) is 7.31. The lowest BCUT2D eigenvalue weighted by Gasteiger charge is -2.32. The average molecular weight is 373 g/mol. The lowest BCUT2D eigenvalue weighted by atomic mass is 10.0. The molecule has 1 fully saturated rings. The Hall–Kier alpha value is -3.12. The zero-order chi connectivity index (χ0) is 19.1. The fraction of sp³-hybridized carbons (Fsp3) is 0.273. The Morgan fingerprint density at radius 3 is 2.75 bits per heavy atom. The summed E-state index contributed by atoms with van der Waals surface area (Å²) in [5.74, 6) is 1.66. The summed E-state index contributed by atoms with van der Waals surface area (Å²) in [4.78, 5) is 11.9. The van der Waals surface area contributed by atoms with Crippen LogP contribution in [-0.2, 0) is 0 Å². The van der Waals surface area contributed by atoms with Gasteiger partial charge in [0.1, 0.15) is 17.9 Å². The predicted octanol–water partition coefficient (Wildman–Crippen LogP) is 3.51. The molecule has 1 aliphatic heterocycles. The molecule has 4 aromatic rings. The predicted molar refractivity (Wildman–Crippen MR) is 112 cm³/mol. The van der Waals surface area contributed by atoms with Crippen molar-refractivity contribution in [2.24, 2.45) is 5.73 Å². The van der Waals surface area contributed by atoms with Crippen LogP contribution in [0.1, 0.15) is 12.8 Å². The van der Waals surface area contributed by atoms with E-state index in [1.165, 1.54) is 5.69 Å². The highest BCUT2D eigenvalue weighted by Crippen LogP contribution is 2.29. The second-order valence-electron chi connectivity index (χ2n) is 7.31. The monoisotopic (exact) mass is 373 g/mol. The van der Waals surface area contributed by atoms with Crippen molar-refractivity contribution in [3.8, 4) is 11.6 Å². The van der Waals surface area contributed by atoms with Crippen molar-refractivity contribution < 1.29 is 4.74 Å². The SMILES string of the molecule is COc1ccc2ncn(-c3ccc4cccc(N5CCC(N)CC5)c4n3)c2c1. The summed E-state index contributed by atoms with van der Waals surface area (Å²) in [6.45, 7) is 1.94. The first kappa shape index (κ1) is 17.0. The summed E-state index contributed by atoms with van der Waals surface area (Å²) in [7, 11) is 1.67. The number of benzene rings is 2. The molecule has 28 heavy (non-hydrogen) atoms. The van der Waals surface area contributed by atoms with E-state index in [9.17, 15) is 0 Å². The van der Waals surface area contributed by atoms with Crippen molar-refractivity contribution in [3.63, 3.8) is 0 Å². The number of pyridine rings is 1. The van der Waals surface area contributed by atoms with Gasteiger partial charge in [-0.15, -0.1) is 0 Å². The molecule has 0 saturated carbocycles. The first-order valence-electron chi connectivity index (χ1n) is 9.65. The third kappa shape index (κ3) is 2.86. The summed E-state index contributed by atoms with van der Waals surface area (Å²) >= 11 is 0. The lowest BCUT2D eigenvalue weighted by Crippen LogP contribution is -2.39. The molecule has 6 heteroatoms. The molecule has 0 unspecified atom stereocenters. The number of ether oxygens (including phenoxy) is 1. The van der Waals surface area contributed by atoms with Gasteiger partial charge in [-0.05, 0) is 43.2 Å². The first-order valence-corrected chi connectivity index (χ1v) is 9.65. The minimum atomic E-state index is 0.307. The fourth-order valence-corrected chi connectivity index (χ4v) is 3.95. The maximum absolute atomic E-state index is 6.09. The van der Waals surface area contributed by atoms with E-state index in [0.29, 0.717) is 6.04 Å². The van der Waals surface area contributed by atoms with Crippen molar-refractivity contribution in [2.45, 2.75) is 18.9 Å². The van der Waals surface area contributed by atoms with E-state index in [1.807, 2.05) is 35.2 Å². The Morgan fingerprint density at radius 2 is 1.93 bits per heavy atom. The molecule has 0 atom stereocenters. The number of hydrogen-bond acceptors (Lipinski definition) is 5. The molecule has 0 radical (unpaired) electrons. The standard InChI is InChI=1S/C22H23N5O/c1-28-17-6-7-18-20(13-17)27(14-24-18)21-8-5-15-3-2-4-19(22(15)25-21)26-11-9-16(23)10-12-26/h2-8,13-14,16H,9-12,23H2,1H3. The Bertz CT molecular complexity index is 1140. The van der Waals surface area contributed by atoms with Crippen LogP contribution in [0.2, 0.25) is 0 Å². The highest BCUT2D eigenvalue weighted by Gasteiger charge is 2.19. The number of fused-ring (bicyclic) bond motifs is 2. The maximum Gasteiger partial charge on any atom is 0.139 e. The zero-order valence-corrected chi connectivity index (χ0v) is 15.9. The van der Waals surface area contributed by atoms with Crippen LogP contribution in [0.4, 0.5) is 5.69 Å². The van der Waals surface area contributed by atoms with Gasteiger partial charge in [0.25, 0.3) is 0 Å². The normalized spacial score (nSPS) is 15.4. The fourth-order valence-electron chi connectivity index (χ4n) is 3.95. The summed E-state index contributed by atoms with van der Waals surface area (Å²) < 4.78 is 7.40. The quantitative estimate of drug-likeness (QED) is 0.595. The number of rotatable bonds is 3. The summed E-state index contributed by atoms with van der Waals surface area (Å²) in [6.07, 6.45) is 3.85. The van der Waals surface area contributed by atoms with Crippen molar-refractivity contribution in [2.75, 3.05) is 25.1 Å². The Morgan fingerprint density at radius 1 is 1.07 bits per heavy atom. The number of hydrogen-bond donors (Lipinski definition) is 1. The van der Waals surface area contributed by atoms with Gasteiger partial charge in [0.05, 0.1) is 29.3 Å². The van der Waals surface area contributed by atoms with E-state index in [0.717, 1.165) is 59.4 Å². The maximum atomic E-state index is 6.09. The molecule has 3 heterocycles. The molecule has 2 aromatic carbocycles. The highest BCUT2D eigenvalue weighted by atomic mass is 16.5. The number of para-hydroxylation sites is 1. The number of imidazole rings is 1. The number of nitrogens with two attached hydrogens (primary N) is 1. The van der Waals surface area contributed by atoms with Gasteiger partial charge in [0.15, 0.2) is 0 Å². The minimum Gasteiger partial charge on any atom is -0.497 e. The van der Waals surface area contributed by atoms with Gasteiger partial charge in [-0.3, -0.25) is 4.57 Å². The van der Waals surface area contributed by atoms with E-state index < -0.39 is 0 Å². The van der Waals surface area contributed by atoms with Crippen LogP contribution in [0.15, 0.2) is 54.9 Å². The van der Waals surface area contributed by atoms with Crippen LogP contribution in [-0.4, -0.2) is 40.8 Å². The molecule has 0 spiro atoms. The van der Waals surface area contributed by atoms with E-state index in [4.69, 9.17) is 15.5 Å². The van der Waals surface area contributed by atoms with E-state index >= 15 is 0 Å². The van der Waals surface area contributed by atoms with E-state index in [2.05, 4.69) is 34.1 Å². The Kier molecular flexibility index (Phi) is 4.13. The summed E-state index contributed by atoms with van der Waals surface area (Å²) in [5.41, 5.74) is 10.2. The van der Waals surface area contributed by atoms with E-state index in [-0.39, 0.29) is 0 Å². The number of anilines is 1. The topological polar surface area (TPSA) is 69.2 Å². The zero-order valence-electron chi connectivity index (χ0n) is 15.9. The minimum absolute atomic E-state index is 0.307. The molecule has 142 valence electrons. The molecule has 1 aliphatic rings. The number of methoxy groups -OCH3 is 1. The Labute approximate surface area is 163 Å². The molecule has 6 nitrogen and oxygen atoms in total. The van der Waals surface area contributed by atoms with Gasteiger partial charge in [0.2, 0.25) is 0 Å². The molecule has 1 saturated heterocycles. The second kappa shape index (κ2) is 6.80. The third-order valence-corrected chi connectivity index (χ3v) is 5.57. The van der Waals surface area contributed by atoms with Crippen molar-refractivity contribution >= 4 is 27.6 Å². The van der Waals surface area contributed by atoms with Gasteiger partial charge in [0, 0.05) is 30.6 Å². The summed E-state index contributed by atoms with van der Waals surface area (Å²) in [5, 5.41) is 1.14. The number of piperidine rings is 1. The molecule has 2 N–H and O–H groups in total. The van der Waals surface area contributed by atoms with Gasteiger partial charge >= 0.3 is 0 Å². The molecular weight excluding hydrogens is 350 g/mol. The van der Waals surface area contributed by atoms with Gasteiger partial charge in [-0.1, -0.05) is 12.1 Å². The van der Waals surface area contributed by atoms with Crippen LogP contribution in [0.3, 0.4) is 0 Å². The summed E-state index contributed by atoms with van der Waals surface area (Å²) in [6, 6.07) is 16.7. The molecule has 5 rings (SSSR count). The third-order valence-electron chi connectivity index (χ3n) is 5.57. The van der Waals surface area contributed by atoms with Crippen molar-refractivity contribution in [3.05, 3.63) is 54.9 Å². The molecule has 0 amide bonds. The van der Waals surface area contributed by atoms with Crippen LogP contribution >= 0.6 is 0 Å². The molecule has 0 bridgehead atoms.